The second-order valence-corrected chi connectivity index (χ2v) is 5.46. The quantitative estimate of drug-likeness (QED) is 0.546. The fourth-order valence-electron chi connectivity index (χ4n) is 0.610. The Morgan fingerprint density at radius 1 is 1.46 bits per heavy atom. The van der Waals surface area contributed by atoms with E-state index >= 15 is 0 Å². The minimum absolute atomic E-state index is 0.232. The molecule has 1 heterocycles. The molecule has 13 heavy (non-hydrogen) atoms. The molecule has 1 unspecified atom stereocenters. The van der Waals surface area contributed by atoms with Crippen LogP contribution in [0.15, 0.2) is 28.3 Å². The fourth-order valence-corrected chi connectivity index (χ4v) is 1.61. The van der Waals surface area contributed by atoms with Gasteiger partial charge in [-0.05, 0) is 23.2 Å². The minimum Gasteiger partial charge on any atom is -0.767 e. The molecule has 1 aromatic heterocycles. The van der Waals surface area contributed by atoms with Crippen LogP contribution in [0.3, 0.4) is 0 Å². The second-order valence-electron chi connectivity index (χ2n) is 2.00. The first kappa shape index (κ1) is 10.6. The molecule has 0 spiro atoms. The van der Waals surface area contributed by atoms with Crippen LogP contribution >= 0.6 is 10.7 Å². The molecule has 72 valence electrons. The Hall–Kier alpha value is -0.500. The summed E-state index contributed by atoms with van der Waals surface area (Å²) in [7, 11) is 1.13. The van der Waals surface area contributed by atoms with Crippen LogP contribution in [0.2, 0.25) is 0 Å². The third-order valence-electron chi connectivity index (χ3n) is 1.16. The average molecular weight is 241 g/mol. The van der Waals surface area contributed by atoms with Crippen molar-refractivity contribution in [1.29, 1.82) is 0 Å². The molecule has 0 bridgehead atoms. The Balaban J connectivity index is 3.16. The van der Waals surface area contributed by atoms with Crippen LogP contribution in [-0.4, -0.2) is 22.2 Å². The highest BCUT2D eigenvalue weighted by Gasteiger charge is 2.09. The maximum absolute atomic E-state index is 10.7. The topological polar surface area (TPSA) is 87.2 Å². The van der Waals surface area contributed by atoms with E-state index in [1.807, 2.05) is 0 Å². The van der Waals surface area contributed by atoms with Gasteiger partial charge < -0.3 is 4.55 Å². The Bertz CT molecular complexity index is 426. The Kier molecular flexibility index (Phi) is 3.01. The lowest BCUT2D eigenvalue weighted by Crippen LogP contribution is -1.96. The number of pyridine rings is 1. The number of aromatic nitrogens is 1. The van der Waals surface area contributed by atoms with Crippen molar-refractivity contribution in [1.82, 2.24) is 4.98 Å². The van der Waals surface area contributed by atoms with Crippen molar-refractivity contribution in [3.05, 3.63) is 18.3 Å². The zero-order chi connectivity index (χ0) is 10.1. The van der Waals surface area contributed by atoms with Crippen molar-refractivity contribution in [3.8, 4) is 0 Å². The van der Waals surface area contributed by atoms with Crippen LogP contribution in [0, 0.1) is 0 Å². The minimum atomic E-state index is -3.84. The molecule has 5 nitrogen and oxygen atoms in total. The largest absolute Gasteiger partial charge is 0.767 e. The molecule has 1 rings (SSSR count). The molecular weight excluding hydrogens is 238 g/mol. The van der Waals surface area contributed by atoms with Gasteiger partial charge in [-0.15, -0.1) is 0 Å². The van der Waals surface area contributed by atoms with Gasteiger partial charge in [0, 0.05) is 16.9 Å². The molecule has 1 atom stereocenters. The second kappa shape index (κ2) is 3.70. The third-order valence-corrected chi connectivity index (χ3v) is 3.08. The van der Waals surface area contributed by atoms with Gasteiger partial charge in [-0.1, -0.05) is 0 Å². The van der Waals surface area contributed by atoms with Crippen LogP contribution < -0.4 is 0 Å². The molecule has 0 aliphatic rings. The van der Waals surface area contributed by atoms with Gasteiger partial charge >= 0.3 is 0 Å². The smallest absolute Gasteiger partial charge is 0.262 e. The first-order valence-electron chi connectivity index (χ1n) is 2.91. The maximum Gasteiger partial charge on any atom is 0.262 e. The van der Waals surface area contributed by atoms with Gasteiger partial charge in [0.2, 0.25) is 0 Å². The summed E-state index contributed by atoms with van der Waals surface area (Å²) in [5.41, 5.74) is 0. The van der Waals surface area contributed by atoms with Gasteiger partial charge in [0.1, 0.15) is 9.92 Å². The predicted molar refractivity (Wildman–Crippen MR) is 44.5 cm³/mol. The Morgan fingerprint density at radius 3 is 2.38 bits per heavy atom. The molecule has 0 radical (unpaired) electrons. The number of hydrogen-bond donors (Lipinski definition) is 0. The summed E-state index contributed by atoms with van der Waals surface area (Å²) in [6.45, 7) is 0. The highest BCUT2D eigenvalue weighted by atomic mass is 35.7. The van der Waals surface area contributed by atoms with Crippen LogP contribution in [-0.2, 0) is 20.1 Å². The van der Waals surface area contributed by atoms with E-state index in [-0.39, 0.29) is 9.92 Å². The number of halogens is 1. The van der Waals surface area contributed by atoms with Crippen molar-refractivity contribution in [2.75, 3.05) is 0 Å². The zero-order valence-corrected chi connectivity index (χ0v) is 8.40. The summed E-state index contributed by atoms with van der Waals surface area (Å²) in [5, 5.41) is -0.232. The predicted octanol–water partition coefficient (Wildman–Crippen LogP) is 0.247. The van der Waals surface area contributed by atoms with Crippen molar-refractivity contribution in [2.24, 2.45) is 0 Å². The van der Waals surface area contributed by atoms with Crippen LogP contribution in [0.1, 0.15) is 0 Å². The molecule has 0 saturated heterocycles. The van der Waals surface area contributed by atoms with Crippen molar-refractivity contribution >= 4 is 30.8 Å². The van der Waals surface area contributed by atoms with E-state index < -0.39 is 20.1 Å². The SMILES string of the molecule is O=S([O-])c1ccc(S(=O)(=O)Cl)cn1. The van der Waals surface area contributed by atoms with E-state index in [0.29, 0.717) is 0 Å². The van der Waals surface area contributed by atoms with Crippen LogP contribution in [0.25, 0.3) is 0 Å². The van der Waals surface area contributed by atoms with E-state index in [2.05, 4.69) is 4.98 Å². The molecule has 0 aromatic carbocycles. The zero-order valence-electron chi connectivity index (χ0n) is 6.01. The van der Waals surface area contributed by atoms with Gasteiger partial charge in [-0.25, -0.2) is 13.4 Å². The normalized spacial score (nSPS) is 14.0. The van der Waals surface area contributed by atoms with Crippen molar-refractivity contribution in [2.45, 2.75) is 9.92 Å². The van der Waals surface area contributed by atoms with E-state index in [1.54, 1.807) is 0 Å². The van der Waals surface area contributed by atoms with E-state index in [9.17, 15) is 17.2 Å². The molecule has 0 fully saturated rings. The van der Waals surface area contributed by atoms with Crippen LogP contribution in [0.4, 0.5) is 0 Å². The fraction of sp³-hybridized carbons (Fsp3) is 0. The highest BCUT2D eigenvalue weighted by Crippen LogP contribution is 2.13. The van der Waals surface area contributed by atoms with Gasteiger partial charge in [-0.2, -0.15) is 0 Å². The summed E-state index contributed by atoms with van der Waals surface area (Å²) < 4.78 is 42.0. The van der Waals surface area contributed by atoms with Gasteiger partial charge in [0.25, 0.3) is 9.05 Å². The lowest BCUT2D eigenvalue weighted by Gasteiger charge is -2.03. The van der Waals surface area contributed by atoms with E-state index in [4.69, 9.17) is 10.7 Å². The number of nitrogens with zero attached hydrogens (tertiary/aromatic N) is 1. The molecule has 0 amide bonds. The number of hydrogen-bond acceptors (Lipinski definition) is 5. The lowest BCUT2D eigenvalue weighted by molar-refractivity contribution is 0.533. The average Bonchev–Trinajstić information content (AvgIpc) is 2.03. The monoisotopic (exact) mass is 240 g/mol. The molecule has 0 saturated carbocycles. The highest BCUT2D eigenvalue weighted by molar-refractivity contribution is 8.13. The molecular formula is C5H3ClNO4S2-. The maximum atomic E-state index is 10.7. The van der Waals surface area contributed by atoms with Crippen molar-refractivity contribution < 1.29 is 17.2 Å². The first-order chi connectivity index (χ1) is 5.91. The summed E-state index contributed by atoms with van der Waals surface area (Å²) in [5.74, 6) is 0. The Labute approximate surface area is 81.5 Å². The first-order valence-corrected chi connectivity index (χ1v) is 6.29. The van der Waals surface area contributed by atoms with E-state index in [0.717, 1.165) is 18.3 Å². The Morgan fingerprint density at radius 2 is 2.08 bits per heavy atom. The van der Waals surface area contributed by atoms with Crippen molar-refractivity contribution in [3.63, 3.8) is 0 Å². The summed E-state index contributed by atoms with van der Waals surface area (Å²) in [6.07, 6.45) is 0.882. The summed E-state index contributed by atoms with van der Waals surface area (Å²) in [6, 6.07) is 2.12. The standard InChI is InChI=1S/C5H4ClNO4S2/c6-13(10,11)4-1-2-5(7-3-4)12(8)9/h1-3H,(H,8,9)/p-1. The molecule has 0 N–H and O–H groups in total. The van der Waals surface area contributed by atoms with Crippen LogP contribution in [0.5, 0.6) is 0 Å². The summed E-state index contributed by atoms with van der Waals surface area (Å²) >= 11 is -2.46. The van der Waals surface area contributed by atoms with E-state index in [1.165, 1.54) is 0 Å². The summed E-state index contributed by atoms with van der Waals surface area (Å²) in [4.78, 5) is 3.14. The molecule has 1 aromatic rings. The van der Waals surface area contributed by atoms with Gasteiger partial charge in [0.15, 0.2) is 0 Å². The number of rotatable bonds is 2. The van der Waals surface area contributed by atoms with Gasteiger partial charge in [0.05, 0.1) is 0 Å². The molecule has 0 aliphatic heterocycles. The molecule has 8 heteroatoms. The van der Waals surface area contributed by atoms with Gasteiger partial charge in [-0.3, -0.25) is 4.21 Å². The third kappa shape index (κ3) is 2.73. The lowest BCUT2D eigenvalue weighted by atomic mass is 10.5. The molecule has 0 aliphatic carbocycles.